The molecule has 2 aromatic rings. The van der Waals surface area contributed by atoms with Gasteiger partial charge in [-0.05, 0) is 32.2 Å². The molecule has 0 bridgehead atoms. The summed E-state index contributed by atoms with van der Waals surface area (Å²) in [4.78, 5) is 10.0. The van der Waals surface area contributed by atoms with Gasteiger partial charge in [0.15, 0.2) is 5.82 Å². The summed E-state index contributed by atoms with van der Waals surface area (Å²) in [5.74, 6) is 1.59. The first kappa shape index (κ1) is 15.2. The van der Waals surface area contributed by atoms with Crippen molar-refractivity contribution in [3.05, 3.63) is 17.3 Å². The lowest BCUT2D eigenvalue weighted by atomic mass is 10.3. The molecule has 0 amide bonds. The van der Waals surface area contributed by atoms with E-state index in [4.69, 9.17) is 9.47 Å². The lowest BCUT2D eigenvalue weighted by Crippen LogP contribution is -2.11. The van der Waals surface area contributed by atoms with Gasteiger partial charge < -0.3 is 14.8 Å². The standard InChI is InChI=1S/C14H21N3O2S/c1-4-15-13-11-5-8-20-14(11)17-12(16-13)9-18-6-7-19-10(2)3/h5,8,10H,4,6-7,9H2,1-3H3,(H,15,16,17). The van der Waals surface area contributed by atoms with Crippen LogP contribution in [0.1, 0.15) is 26.6 Å². The molecule has 1 N–H and O–H groups in total. The summed E-state index contributed by atoms with van der Waals surface area (Å²) in [6.45, 7) is 8.48. The number of thiophene rings is 1. The normalized spacial score (nSPS) is 11.4. The number of nitrogens with one attached hydrogen (secondary N) is 1. The SMILES string of the molecule is CCNc1nc(COCCOC(C)C)nc2sccc12. The van der Waals surface area contributed by atoms with E-state index in [0.717, 1.165) is 22.6 Å². The van der Waals surface area contributed by atoms with Gasteiger partial charge in [0.2, 0.25) is 0 Å². The smallest absolute Gasteiger partial charge is 0.158 e. The van der Waals surface area contributed by atoms with Crippen molar-refractivity contribution in [1.29, 1.82) is 0 Å². The van der Waals surface area contributed by atoms with Crippen LogP contribution in [-0.4, -0.2) is 35.8 Å². The Kier molecular flexibility index (Phi) is 5.70. The molecule has 0 unspecified atom stereocenters. The number of hydrogen-bond acceptors (Lipinski definition) is 6. The topological polar surface area (TPSA) is 56.3 Å². The maximum atomic E-state index is 5.56. The summed E-state index contributed by atoms with van der Waals surface area (Å²) in [7, 11) is 0. The Morgan fingerprint density at radius 1 is 1.30 bits per heavy atom. The molecule has 0 saturated heterocycles. The second-order valence-electron chi connectivity index (χ2n) is 4.63. The lowest BCUT2D eigenvalue weighted by Gasteiger charge is -2.09. The number of aromatic nitrogens is 2. The van der Waals surface area contributed by atoms with Gasteiger partial charge in [-0.3, -0.25) is 0 Å². The Hall–Kier alpha value is -1.24. The molecule has 0 aliphatic heterocycles. The van der Waals surface area contributed by atoms with Gasteiger partial charge in [0.25, 0.3) is 0 Å². The maximum Gasteiger partial charge on any atom is 0.158 e. The fourth-order valence-corrected chi connectivity index (χ4v) is 2.56. The Morgan fingerprint density at radius 3 is 2.90 bits per heavy atom. The lowest BCUT2D eigenvalue weighted by molar-refractivity contribution is 0.0128. The van der Waals surface area contributed by atoms with Gasteiger partial charge in [-0.15, -0.1) is 11.3 Å². The molecular formula is C14H21N3O2S. The zero-order valence-electron chi connectivity index (χ0n) is 12.2. The molecule has 6 heteroatoms. The van der Waals surface area contributed by atoms with E-state index in [9.17, 15) is 0 Å². The van der Waals surface area contributed by atoms with Crippen molar-refractivity contribution >= 4 is 27.4 Å². The zero-order chi connectivity index (χ0) is 14.4. The Morgan fingerprint density at radius 2 is 2.15 bits per heavy atom. The molecule has 0 radical (unpaired) electrons. The number of nitrogens with zero attached hydrogens (tertiary/aromatic N) is 2. The van der Waals surface area contributed by atoms with Gasteiger partial charge in [-0.1, -0.05) is 0 Å². The molecule has 20 heavy (non-hydrogen) atoms. The van der Waals surface area contributed by atoms with Gasteiger partial charge in [0.05, 0.1) is 24.7 Å². The van der Waals surface area contributed by atoms with Crippen molar-refractivity contribution < 1.29 is 9.47 Å². The van der Waals surface area contributed by atoms with Crippen molar-refractivity contribution in [1.82, 2.24) is 9.97 Å². The van der Waals surface area contributed by atoms with Crippen molar-refractivity contribution in [3.63, 3.8) is 0 Å². The van der Waals surface area contributed by atoms with Gasteiger partial charge in [-0.2, -0.15) is 0 Å². The van der Waals surface area contributed by atoms with Crippen LogP contribution in [0.15, 0.2) is 11.4 Å². The predicted molar refractivity (Wildman–Crippen MR) is 82.3 cm³/mol. The van der Waals surface area contributed by atoms with Gasteiger partial charge in [-0.25, -0.2) is 9.97 Å². The Bertz CT molecular complexity index is 542. The zero-order valence-corrected chi connectivity index (χ0v) is 13.0. The van der Waals surface area contributed by atoms with Crippen LogP contribution in [0.5, 0.6) is 0 Å². The summed E-state index contributed by atoms with van der Waals surface area (Å²) in [6, 6.07) is 2.04. The molecule has 0 atom stereocenters. The molecule has 2 rings (SSSR count). The highest BCUT2D eigenvalue weighted by Crippen LogP contribution is 2.25. The molecule has 0 aliphatic carbocycles. The fraction of sp³-hybridized carbons (Fsp3) is 0.571. The summed E-state index contributed by atoms with van der Waals surface area (Å²) < 4.78 is 11.0. The molecule has 0 saturated carbocycles. The van der Waals surface area contributed by atoms with Gasteiger partial charge >= 0.3 is 0 Å². The average Bonchev–Trinajstić information content (AvgIpc) is 2.87. The van der Waals surface area contributed by atoms with Crippen LogP contribution in [0.2, 0.25) is 0 Å². The number of rotatable bonds is 8. The Balaban J connectivity index is 1.95. The molecular weight excluding hydrogens is 274 g/mol. The molecule has 2 aromatic heterocycles. The van der Waals surface area contributed by atoms with E-state index in [2.05, 4.69) is 22.2 Å². The largest absolute Gasteiger partial charge is 0.376 e. The van der Waals surface area contributed by atoms with Crippen LogP contribution >= 0.6 is 11.3 Å². The summed E-state index contributed by atoms with van der Waals surface area (Å²) >= 11 is 1.62. The highest BCUT2D eigenvalue weighted by Gasteiger charge is 2.08. The van der Waals surface area contributed by atoms with E-state index < -0.39 is 0 Å². The molecule has 0 spiro atoms. The predicted octanol–water partition coefficient (Wildman–Crippen LogP) is 3.06. The fourth-order valence-electron chi connectivity index (χ4n) is 1.77. The molecule has 5 nitrogen and oxygen atoms in total. The van der Waals surface area contributed by atoms with E-state index in [1.54, 1.807) is 11.3 Å². The monoisotopic (exact) mass is 295 g/mol. The molecule has 110 valence electrons. The minimum absolute atomic E-state index is 0.234. The first-order chi connectivity index (χ1) is 9.70. The van der Waals surface area contributed by atoms with Gasteiger partial charge in [0, 0.05) is 6.54 Å². The van der Waals surface area contributed by atoms with Crippen molar-refractivity contribution in [2.24, 2.45) is 0 Å². The van der Waals surface area contributed by atoms with Crippen LogP contribution < -0.4 is 5.32 Å². The van der Waals surface area contributed by atoms with Crippen LogP contribution in [0.25, 0.3) is 10.2 Å². The quantitative estimate of drug-likeness (QED) is 0.759. The minimum atomic E-state index is 0.234. The third kappa shape index (κ3) is 4.13. The third-order valence-electron chi connectivity index (χ3n) is 2.63. The molecule has 0 aromatic carbocycles. The second kappa shape index (κ2) is 7.52. The number of ether oxygens (including phenoxy) is 2. The van der Waals surface area contributed by atoms with E-state index in [1.807, 2.05) is 25.3 Å². The highest BCUT2D eigenvalue weighted by molar-refractivity contribution is 7.16. The summed E-state index contributed by atoms with van der Waals surface area (Å²) in [6.07, 6.45) is 0.234. The van der Waals surface area contributed by atoms with Crippen LogP contribution in [0, 0.1) is 0 Å². The van der Waals surface area contributed by atoms with Crippen molar-refractivity contribution in [2.45, 2.75) is 33.5 Å². The third-order valence-corrected chi connectivity index (χ3v) is 3.43. The van der Waals surface area contributed by atoms with Crippen LogP contribution in [-0.2, 0) is 16.1 Å². The van der Waals surface area contributed by atoms with E-state index in [1.165, 1.54) is 0 Å². The number of fused-ring (bicyclic) bond motifs is 1. The van der Waals surface area contributed by atoms with Crippen LogP contribution in [0.3, 0.4) is 0 Å². The van der Waals surface area contributed by atoms with E-state index in [-0.39, 0.29) is 6.10 Å². The minimum Gasteiger partial charge on any atom is -0.376 e. The van der Waals surface area contributed by atoms with E-state index in [0.29, 0.717) is 25.6 Å². The second-order valence-corrected chi connectivity index (χ2v) is 5.52. The maximum absolute atomic E-state index is 5.56. The van der Waals surface area contributed by atoms with Crippen molar-refractivity contribution in [3.8, 4) is 0 Å². The first-order valence-corrected chi connectivity index (χ1v) is 7.76. The first-order valence-electron chi connectivity index (χ1n) is 6.88. The highest BCUT2D eigenvalue weighted by atomic mass is 32.1. The summed E-state index contributed by atoms with van der Waals surface area (Å²) in [5.41, 5.74) is 0. The average molecular weight is 295 g/mol. The van der Waals surface area contributed by atoms with Gasteiger partial charge in [0.1, 0.15) is 17.3 Å². The molecule has 0 fully saturated rings. The number of anilines is 1. The van der Waals surface area contributed by atoms with Crippen molar-refractivity contribution in [2.75, 3.05) is 25.1 Å². The number of hydrogen-bond donors (Lipinski definition) is 1. The Labute approximate surface area is 123 Å². The molecule has 2 heterocycles. The summed E-state index contributed by atoms with van der Waals surface area (Å²) in [5, 5.41) is 6.37. The molecule has 0 aliphatic rings. The van der Waals surface area contributed by atoms with E-state index >= 15 is 0 Å². The van der Waals surface area contributed by atoms with Crippen LogP contribution in [0.4, 0.5) is 5.82 Å².